The smallest absolute Gasteiger partial charge is 0.213 e. The molecule has 23 heavy (non-hydrogen) atoms. The van der Waals surface area contributed by atoms with Crippen molar-refractivity contribution in [1.82, 2.24) is 15.6 Å². The van der Waals surface area contributed by atoms with E-state index in [1.165, 1.54) is 6.07 Å². The maximum Gasteiger partial charge on any atom is 0.213 e. The molecule has 0 unspecified atom stereocenters. The van der Waals surface area contributed by atoms with Crippen LogP contribution in [-0.2, 0) is 13.1 Å². The van der Waals surface area contributed by atoms with Crippen molar-refractivity contribution in [3.05, 3.63) is 59.0 Å². The predicted molar refractivity (Wildman–Crippen MR) is 89.0 cm³/mol. The number of aryl methyl sites for hydroxylation is 1. The molecule has 0 bridgehead atoms. The Labute approximate surface area is 135 Å². The number of methoxy groups -OCH3 is 1. The van der Waals surface area contributed by atoms with Gasteiger partial charge >= 0.3 is 0 Å². The standard InChI is InChI=1S/C17H21FN4O/c1-12-9-13(7-8-15(12)18)10-20-17(19-2)21-11-14-5-4-6-16(22-14)23-3/h4-9H,10-11H2,1-3H3,(H2,19,20,21). The van der Waals surface area contributed by atoms with Crippen molar-refractivity contribution in [2.75, 3.05) is 14.2 Å². The van der Waals surface area contributed by atoms with E-state index in [4.69, 9.17) is 4.74 Å². The summed E-state index contributed by atoms with van der Waals surface area (Å²) < 4.78 is 18.4. The minimum absolute atomic E-state index is 0.194. The zero-order valence-corrected chi connectivity index (χ0v) is 13.6. The highest BCUT2D eigenvalue weighted by atomic mass is 19.1. The summed E-state index contributed by atoms with van der Waals surface area (Å²) in [5.74, 6) is 1.03. The zero-order valence-electron chi connectivity index (χ0n) is 13.6. The molecule has 1 aromatic carbocycles. The van der Waals surface area contributed by atoms with Crippen LogP contribution >= 0.6 is 0 Å². The highest BCUT2D eigenvalue weighted by molar-refractivity contribution is 5.79. The van der Waals surface area contributed by atoms with Gasteiger partial charge in [-0.2, -0.15) is 0 Å². The fraction of sp³-hybridized carbons (Fsp3) is 0.294. The Morgan fingerprint density at radius 3 is 2.70 bits per heavy atom. The second-order valence-corrected chi connectivity index (χ2v) is 5.03. The van der Waals surface area contributed by atoms with Gasteiger partial charge in [0.05, 0.1) is 19.3 Å². The van der Waals surface area contributed by atoms with Crippen molar-refractivity contribution < 1.29 is 9.13 Å². The summed E-state index contributed by atoms with van der Waals surface area (Å²) >= 11 is 0. The lowest BCUT2D eigenvalue weighted by Gasteiger charge is -2.12. The van der Waals surface area contributed by atoms with E-state index in [1.54, 1.807) is 33.2 Å². The minimum atomic E-state index is -0.194. The van der Waals surface area contributed by atoms with Gasteiger partial charge in [-0.1, -0.05) is 18.2 Å². The molecular weight excluding hydrogens is 295 g/mol. The number of guanidine groups is 1. The van der Waals surface area contributed by atoms with Gasteiger partial charge in [0.1, 0.15) is 5.82 Å². The van der Waals surface area contributed by atoms with Gasteiger partial charge in [-0.25, -0.2) is 9.37 Å². The van der Waals surface area contributed by atoms with Crippen molar-refractivity contribution in [2.24, 2.45) is 4.99 Å². The lowest BCUT2D eigenvalue weighted by molar-refractivity contribution is 0.396. The molecule has 0 saturated carbocycles. The Balaban J connectivity index is 1.89. The fourth-order valence-electron chi connectivity index (χ4n) is 2.07. The van der Waals surface area contributed by atoms with Crippen molar-refractivity contribution in [3.8, 4) is 5.88 Å². The molecule has 0 saturated heterocycles. The van der Waals surface area contributed by atoms with Gasteiger partial charge in [0.25, 0.3) is 0 Å². The molecule has 1 heterocycles. The van der Waals surface area contributed by atoms with Crippen LogP contribution in [0, 0.1) is 12.7 Å². The van der Waals surface area contributed by atoms with Crippen LogP contribution in [0.2, 0.25) is 0 Å². The first-order valence-electron chi connectivity index (χ1n) is 7.32. The van der Waals surface area contributed by atoms with E-state index in [1.807, 2.05) is 18.2 Å². The molecule has 0 spiro atoms. The Kier molecular flexibility index (Phi) is 5.91. The van der Waals surface area contributed by atoms with Gasteiger partial charge < -0.3 is 15.4 Å². The monoisotopic (exact) mass is 316 g/mol. The number of hydrogen-bond acceptors (Lipinski definition) is 3. The van der Waals surface area contributed by atoms with Gasteiger partial charge in [0.2, 0.25) is 5.88 Å². The molecule has 122 valence electrons. The van der Waals surface area contributed by atoms with E-state index in [9.17, 15) is 4.39 Å². The number of aliphatic imine (C=N–C) groups is 1. The SMILES string of the molecule is CN=C(NCc1ccc(F)c(C)c1)NCc1cccc(OC)n1. The lowest BCUT2D eigenvalue weighted by Crippen LogP contribution is -2.36. The Morgan fingerprint density at radius 1 is 1.22 bits per heavy atom. The number of nitrogens with zero attached hydrogens (tertiary/aromatic N) is 2. The van der Waals surface area contributed by atoms with Crippen LogP contribution in [0.3, 0.4) is 0 Å². The normalized spacial score (nSPS) is 11.2. The third kappa shape index (κ3) is 4.95. The van der Waals surface area contributed by atoms with E-state index in [-0.39, 0.29) is 5.82 Å². The van der Waals surface area contributed by atoms with Gasteiger partial charge in [-0.15, -0.1) is 0 Å². The van der Waals surface area contributed by atoms with E-state index < -0.39 is 0 Å². The summed E-state index contributed by atoms with van der Waals surface area (Å²) in [6.07, 6.45) is 0. The van der Waals surface area contributed by atoms with Gasteiger partial charge in [0.15, 0.2) is 5.96 Å². The molecule has 0 atom stereocenters. The number of hydrogen-bond donors (Lipinski definition) is 2. The fourth-order valence-corrected chi connectivity index (χ4v) is 2.07. The minimum Gasteiger partial charge on any atom is -0.481 e. The summed E-state index contributed by atoms with van der Waals surface area (Å²) in [5, 5.41) is 6.37. The van der Waals surface area contributed by atoms with Crippen molar-refractivity contribution in [1.29, 1.82) is 0 Å². The van der Waals surface area contributed by atoms with Gasteiger partial charge in [-0.05, 0) is 30.2 Å². The van der Waals surface area contributed by atoms with Crippen molar-refractivity contribution in [3.63, 3.8) is 0 Å². The van der Waals surface area contributed by atoms with Crippen LogP contribution in [0.25, 0.3) is 0 Å². The molecule has 0 aliphatic carbocycles. The number of nitrogens with one attached hydrogen (secondary N) is 2. The highest BCUT2D eigenvalue weighted by Gasteiger charge is 2.03. The molecule has 0 amide bonds. The van der Waals surface area contributed by atoms with Crippen LogP contribution in [0.5, 0.6) is 5.88 Å². The van der Waals surface area contributed by atoms with Crippen LogP contribution in [-0.4, -0.2) is 25.1 Å². The predicted octanol–water partition coefficient (Wildman–Crippen LogP) is 2.40. The molecule has 1 aromatic heterocycles. The first-order valence-corrected chi connectivity index (χ1v) is 7.32. The number of halogens is 1. The summed E-state index contributed by atoms with van der Waals surface area (Å²) in [4.78, 5) is 8.49. The van der Waals surface area contributed by atoms with E-state index >= 15 is 0 Å². The molecule has 0 aliphatic rings. The Bertz CT molecular complexity index is 688. The first kappa shape index (κ1) is 16.7. The molecule has 0 aliphatic heterocycles. The zero-order chi connectivity index (χ0) is 16.7. The Morgan fingerprint density at radius 2 is 2.00 bits per heavy atom. The van der Waals surface area contributed by atoms with Crippen LogP contribution in [0.4, 0.5) is 4.39 Å². The summed E-state index contributed by atoms with van der Waals surface area (Å²) in [7, 11) is 3.29. The van der Waals surface area contributed by atoms with Crippen LogP contribution in [0.15, 0.2) is 41.4 Å². The number of rotatable bonds is 5. The van der Waals surface area contributed by atoms with Crippen LogP contribution in [0.1, 0.15) is 16.8 Å². The summed E-state index contributed by atoms with van der Waals surface area (Å²) in [6.45, 7) is 2.84. The molecular formula is C17H21FN4O. The number of aromatic nitrogens is 1. The lowest BCUT2D eigenvalue weighted by atomic mass is 10.1. The third-order valence-corrected chi connectivity index (χ3v) is 3.33. The number of pyridine rings is 1. The second kappa shape index (κ2) is 8.12. The largest absolute Gasteiger partial charge is 0.481 e. The van der Waals surface area contributed by atoms with Gasteiger partial charge in [0, 0.05) is 19.7 Å². The third-order valence-electron chi connectivity index (χ3n) is 3.33. The number of benzene rings is 1. The van der Waals surface area contributed by atoms with Crippen molar-refractivity contribution in [2.45, 2.75) is 20.0 Å². The van der Waals surface area contributed by atoms with Gasteiger partial charge in [-0.3, -0.25) is 4.99 Å². The molecule has 2 rings (SSSR count). The average Bonchev–Trinajstić information content (AvgIpc) is 2.58. The molecule has 2 aromatic rings. The molecule has 5 nitrogen and oxygen atoms in total. The number of ether oxygens (including phenoxy) is 1. The Hall–Kier alpha value is -2.63. The summed E-state index contributed by atoms with van der Waals surface area (Å²) in [6, 6.07) is 10.6. The van der Waals surface area contributed by atoms with Crippen LogP contribution < -0.4 is 15.4 Å². The summed E-state index contributed by atoms with van der Waals surface area (Å²) in [5.41, 5.74) is 2.48. The molecule has 6 heteroatoms. The first-order chi connectivity index (χ1) is 11.1. The quantitative estimate of drug-likeness (QED) is 0.657. The van der Waals surface area contributed by atoms with E-state index in [2.05, 4.69) is 20.6 Å². The van der Waals surface area contributed by atoms with E-state index in [0.29, 0.717) is 30.5 Å². The highest BCUT2D eigenvalue weighted by Crippen LogP contribution is 2.09. The average molecular weight is 316 g/mol. The topological polar surface area (TPSA) is 58.5 Å². The second-order valence-electron chi connectivity index (χ2n) is 5.03. The molecule has 0 radical (unpaired) electrons. The van der Waals surface area contributed by atoms with E-state index in [0.717, 1.165) is 11.3 Å². The molecule has 2 N–H and O–H groups in total. The molecule has 0 fully saturated rings. The maximum absolute atomic E-state index is 13.3. The van der Waals surface area contributed by atoms with Crippen molar-refractivity contribution >= 4 is 5.96 Å². The maximum atomic E-state index is 13.3.